The lowest BCUT2D eigenvalue weighted by atomic mass is 10.2. The van der Waals surface area contributed by atoms with Crippen LogP contribution in [0.2, 0.25) is 0 Å². The third-order valence-electron chi connectivity index (χ3n) is 2.79. The summed E-state index contributed by atoms with van der Waals surface area (Å²) < 4.78 is 19.3. The molecule has 0 spiro atoms. The van der Waals surface area contributed by atoms with Crippen LogP contribution >= 0.6 is 0 Å². The van der Waals surface area contributed by atoms with Gasteiger partial charge in [0.1, 0.15) is 0 Å². The summed E-state index contributed by atoms with van der Waals surface area (Å²) in [7, 11) is 3.77. The first kappa shape index (κ1) is 13.7. The molecule has 0 aliphatic heterocycles. The Labute approximate surface area is 116 Å². The number of nitrogen functional groups attached to an aromatic ring is 1. The number of halogens is 1. The molecule has 0 heterocycles. The summed E-state index contributed by atoms with van der Waals surface area (Å²) in [5.74, 6) is -0.190. The Bertz CT molecular complexity index is 677. The van der Waals surface area contributed by atoms with Crippen LogP contribution in [0.15, 0.2) is 36.4 Å². The minimum absolute atomic E-state index is 0.0339. The highest BCUT2D eigenvalue weighted by atomic mass is 19.1. The van der Waals surface area contributed by atoms with Gasteiger partial charge in [-0.15, -0.1) is 0 Å². The van der Waals surface area contributed by atoms with E-state index in [-0.39, 0.29) is 11.3 Å². The summed E-state index contributed by atoms with van der Waals surface area (Å²) in [6.07, 6.45) is 0. The number of nitriles is 1. The molecular formula is C15H14FN3O. The molecular weight excluding hydrogens is 257 g/mol. The number of nitrogens with two attached hydrogens (primary N) is 1. The van der Waals surface area contributed by atoms with E-state index in [0.29, 0.717) is 11.4 Å². The molecule has 0 fully saturated rings. The molecule has 0 aliphatic rings. The van der Waals surface area contributed by atoms with Gasteiger partial charge in [0.25, 0.3) is 0 Å². The maximum absolute atomic E-state index is 13.8. The van der Waals surface area contributed by atoms with Gasteiger partial charge in [-0.1, -0.05) is 0 Å². The number of ether oxygens (including phenoxy) is 1. The monoisotopic (exact) mass is 271 g/mol. The Morgan fingerprint density at radius 3 is 2.50 bits per heavy atom. The van der Waals surface area contributed by atoms with Crippen molar-refractivity contribution in [2.45, 2.75) is 0 Å². The van der Waals surface area contributed by atoms with Crippen LogP contribution in [0.4, 0.5) is 15.8 Å². The molecule has 0 saturated heterocycles. The maximum atomic E-state index is 13.8. The number of benzene rings is 2. The molecule has 0 saturated carbocycles. The molecule has 102 valence electrons. The summed E-state index contributed by atoms with van der Waals surface area (Å²) >= 11 is 0. The van der Waals surface area contributed by atoms with Gasteiger partial charge in [0.05, 0.1) is 17.3 Å². The highest BCUT2D eigenvalue weighted by Crippen LogP contribution is 2.32. The first-order valence-corrected chi connectivity index (χ1v) is 5.95. The van der Waals surface area contributed by atoms with Gasteiger partial charge in [-0.2, -0.15) is 5.26 Å². The predicted molar refractivity (Wildman–Crippen MR) is 76.4 cm³/mol. The van der Waals surface area contributed by atoms with E-state index in [9.17, 15) is 4.39 Å². The van der Waals surface area contributed by atoms with Gasteiger partial charge in [0.2, 0.25) is 0 Å². The van der Waals surface area contributed by atoms with Crippen LogP contribution in [-0.4, -0.2) is 14.1 Å². The van der Waals surface area contributed by atoms with Crippen molar-refractivity contribution in [3.05, 3.63) is 47.8 Å². The van der Waals surface area contributed by atoms with Crippen molar-refractivity contribution in [3.8, 4) is 17.6 Å². The number of hydrogen-bond acceptors (Lipinski definition) is 4. The Morgan fingerprint density at radius 1 is 1.15 bits per heavy atom. The summed E-state index contributed by atoms with van der Waals surface area (Å²) in [5, 5.41) is 8.70. The van der Waals surface area contributed by atoms with Crippen LogP contribution in [0, 0.1) is 17.1 Å². The average molecular weight is 271 g/mol. The van der Waals surface area contributed by atoms with E-state index in [1.807, 2.05) is 31.1 Å². The summed E-state index contributed by atoms with van der Waals surface area (Å²) in [4.78, 5) is 1.89. The lowest BCUT2D eigenvalue weighted by Crippen LogP contribution is -2.08. The van der Waals surface area contributed by atoms with Crippen LogP contribution in [0.1, 0.15) is 5.56 Å². The molecule has 2 aromatic rings. The summed E-state index contributed by atoms with van der Waals surface area (Å²) in [5.41, 5.74) is 7.37. The third-order valence-corrected chi connectivity index (χ3v) is 2.79. The molecule has 0 radical (unpaired) electrons. The van der Waals surface area contributed by atoms with Crippen molar-refractivity contribution >= 4 is 11.4 Å². The Balaban J connectivity index is 2.35. The summed E-state index contributed by atoms with van der Waals surface area (Å²) in [6.45, 7) is 0. The van der Waals surface area contributed by atoms with Crippen LogP contribution in [0.5, 0.6) is 11.5 Å². The van der Waals surface area contributed by atoms with Crippen LogP contribution in [0.3, 0.4) is 0 Å². The Morgan fingerprint density at radius 2 is 1.90 bits per heavy atom. The molecule has 0 bridgehead atoms. The quantitative estimate of drug-likeness (QED) is 0.871. The zero-order valence-corrected chi connectivity index (χ0v) is 11.2. The first-order valence-electron chi connectivity index (χ1n) is 5.95. The fourth-order valence-corrected chi connectivity index (χ4v) is 1.66. The molecule has 2 N–H and O–H groups in total. The van der Waals surface area contributed by atoms with E-state index >= 15 is 0 Å². The topological polar surface area (TPSA) is 62.3 Å². The van der Waals surface area contributed by atoms with Crippen molar-refractivity contribution in [2.75, 3.05) is 24.7 Å². The van der Waals surface area contributed by atoms with Gasteiger partial charge in [-0.25, -0.2) is 4.39 Å². The van der Waals surface area contributed by atoms with Gasteiger partial charge in [0.15, 0.2) is 17.3 Å². The van der Waals surface area contributed by atoms with E-state index in [2.05, 4.69) is 0 Å². The van der Waals surface area contributed by atoms with Gasteiger partial charge in [0, 0.05) is 25.8 Å². The largest absolute Gasteiger partial charge is 0.452 e. The predicted octanol–water partition coefficient (Wildman–Crippen LogP) is 3.14. The smallest absolute Gasteiger partial charge is 0.167 e. The van der Waals surface area contributed by atoms with Crippen LogP contribution in [-0.2, 0) is 0 Å². The van der Waals surface area contributed by atoms with Crippen LogP contribution < -0.4 is 15.4 Å². The molecule has 5 heteroatoms. The lowest BCUT2D eigenvalue weighted by molar-refractivity contribution is 0.444. The maximum Gasteiger partial charge on any atom is 0.167 e. The Hall–Kier alpha value is -2.74. The first-order chi connectivity index (χ1) is 9.51. The zero-order valence-electron chi connectivity index (χ0n) is 11.2. The molecule has 2 rings (SSSR count). The van der Waals surface area contributed by atoms with E-state index in [4.69, 9.17) is 15.7 Å². The van der Waals surface area contributed by atoms with Crippen molar-refractivity contribution in [2.24, 2.45) is 0 Å². The fraction of sp³-hybridized carbons (Fsp3) is 0.133. The van der Waals surface area contributed by atoms with Crippen molar-refractivity contribution in [1.29, 1.82) is 5.26 Å². The second-order valence-electron chi connectivity index (χ2n) is 4.48. The zero-order chi connectivity index (χ0) is 14.7. The van der Waals surface area contributed by atoms with Gasteiger partial charge >= 0.3 is 0 Å². The van der Waals surface area contributed by atoms with Crippen molar-refractivity contribution in [1.82, 2.24) is 0 Å². The molecule has 20 heavy (non-hydrogen) atoms. The van der Waals surface area contributed by atoms with E-state index in [1.165, 1.54) is 12.1 Å². The standard InChI is InChI=1S/C15H14FN3O/c1-19(2)11-4-5-13(18)15(8-11)20-14-6-3-10(9-17)7-12(14)16/h3-8H,18H2,1-2H3. The lowest BCUT2D eigenvalue weighted by Gasteiger charge is -2.15. The molecule has 4 nitrogen and oxygen atoms in total. The molecule has 0 aromatic heterocycles. The molecule has 2 aromatic carbocycles. The van der Waals surface area contributed by atoms with Gasteiger partial charge < -0.3 is 15.4 Å². The second kappa shape index (κ2) is 5.49. The third kappa shape index (κ3) is 2.81. The van der Waals surface area contributed by atoms with Crippen LogP contribution in [0.25, 0.3) is 0 Å². The molecule has 0 amide bonds. The fourth-order valence-electron chi connectivity index (χ4n) is 1.66. The average Bonchev–Trinajstić information content (AvgIpc) is 2.42. The summed E-state index contributed by atoms with van der Waals surface area (Å²) in [6, 6.07) is 11.2. The highest BCUT2D eigenvalue weighted by molar-refractivity contribution is 5.62. The van der Waals surface area contributed by atoms with E-state index in [0.717, 1.165) is 11.8 Å². The number of anilines is 2. The van der Waals surface area contributed by atoms with Crippen molar-refractivity contribution < 1.29 is 9.13 Å². The number of hydrogen-bond donors (Lipinski definition) is 1. The minimum Gasteiger partial charge on any atom is -0.452 e. The number of rotatable bonds is 3. The second-order valence-corrected chi connectivity index (χ2v) is 4.48. The molecule has 0 unspecified atom stereocenters. The van der Waals surface area contributed by atoms with Crippen molar-refractivity contribution in [3.63, 3.8) is 0 Å². The molecule has 0 atom stereocenters. The van der Waals surface area contributed by atoms with E-state index in [1.54, 1.807) is 12.1 Å². The SMILES string of the molecule is CN(C)c1ccc(N)c(Oc2ccc(C#N)cc2F)c1. The van der Waals surface area contributed by atoms with Gasteiger partial charge in [-0.3, -0.25) is 0 Å². The minimum atomic E-state index is -0.598. The van der Waals surface area contributed by atoms with E-state index < -0.39 is 5.82 Å². The Kier molecular flexibility index (Phi) is 3.76. The molecule has 0 aliphatic carbocycles. The normalized spacial score (nSPS) is 9.90. The highest BCUT2D eigenvalue weighted by Gasteiger charge is 2.09. The number of nitrogens with zero attached hydrogens (tertiary/aromatic N) is 2. The van der Waals surface area contributed by atoms with Gasteiger partial charge in [-0.05, 0) is 30.3 Å².